The minimum absolute atomic E-state index is 0.300. The second kappa shape index (κ2) is 9.74. The minimum Gasteiger partial charge on any atom is -0.357 e. The summed E-state index contributed by atoms with van der Waals surface area (Å²) in [4.78, 5) is 39.3. The van der Waals surface area contributed by atoms with E-state index >= 15 is 0 Å². The van der Waals surface area contributed by atoms with Gasteiger partial charge in [-0.3, -0.25) is 0 Å². The predicted octanol–water partition coefficient (Wildman–Crippen LogP) is 5.63. The van der Waals surface area contributed by atoms with Crippen LogP contribution in [0.3, 0.4) is 0 Å². The largest absolute Gasteiger partial charge is 0.357 e. The Hall–Kier alpha value is -5.16. The van der Waals surface area contributed by atoms with Crippen molar-refractivity contribution in [1.82, 2.24) is 39.9 Å². The van der Waals surface area contributed by atoms with E-state index < -0.39 is 0 Å². The normalized spacial score (nSPS) is 11.5. The van der Waals surface area contributed by atoms with Crippen molar-refractivity contribution in [2.75, 3.05) is 0 Å². The van der Waals surface area contributed by atoms with Gasteiger partial charge in [0.2, 0.25) is 0 Å². The van der Waals surface area contributed by atoms with Gasteiger partial charge in [0.1, 0.15) is 0 Å². The molecule has 0 atom stereocenters. The van der Waals surface area contributed by atoms with Gasteiger partial charge in [-0.1, -0.05) is 97.1 Å². The standard InChI is InChI=1S/C32H16N8.O.Sn/c1-2-10-18-17(9-1)25-33-26(18)38-28-21-13-5-6-14-22(21)30(35-28)40-32-24-16-8-7-15-23(24)31(36-32)39-29-20-12-4-3-11-19(20)27(34-29)37-25;;/h1-16H;;/q-2;;. The van der Waals surface area contributed by atoms with Gasteiger partial charge in [0.25, 0.3) is 0 Å². The van der Waals surface area contributed by atoms with Crippen LogP contribution in [0.15, 0.2) is 97.1 Å². The fourth-order valence-electron chi connectivity index (χ4n) is 5.46. The van der Waals surface area contributed by atoms with Crippen molar-refractivity contribution in [3.63, 3.8) is 0 Å². The summed E-state index contributed by atoms with van der Waals surface area (Å²) in [6, 6.07) is 31.8. The second-order valence-corrected chi connectivity index (χ2v) is 9.67. The number of hydrogen-bond donors (Lipinski definition) is 0. The van der Waals surface area contributed by atoms with Gasteiger partial charge in [0, 0.05) is 44.8 Å². The van der Waals surface area contributed by atoms with E-state index in [-0.39, 0.29) is 0 Å². The van der Waals surface area contributed by atoms with Crippen molar-refractivity contribution in [1.29, 1.82) is 0 Å². The minimum atomic E-state index is 0.300. The number of nitrogens with zero attached hydrogens (tertiary/aromatic N) is 8. The Morgan fingerprint density at radius 1 is 0.357 bits per heavy atom. The SMILES string of the molecule is [O]=[Sn].c1ccc2c(c1)-c1nc-2nc2[n-]c(nc3nc(nc4[n-]c(n1)c1ccccc41)-c1ccccc1-3)c1ccccc21. The molecule has 8 bridgehead atoms. The quantitative estimate of drug-likeness (QED) is 0.193. The van der Waals surface area contributed by atoms with Crippen LogP contribution in [0.4, 0.5) is 0 Å². The van der Waals surface area contributed by atoms with Gasteiger partial charge < -0.3 is 29.9 Å². The average Bonchev–Trinajstić information content (AvgIpc) is 3.78. The molecular formula is C32H16N8OSn-2. The summed E-state index contributed by atoms with van der Waals surface area (Å²) in [7, 11) is 0. The van der Waals surface area contributed by atoms with Gasteiger partial charge in [0.15, 0.2) is 0 Å². The van der Waals surface area contributed by atoms with E-state index in [1.165, 1.54) is 0 Å². The van der Waals surface area contributed by atoms with Crippen LogP contribution in [-0.4, -0.2) is 52.4 Å². The van der Waals surface area contributed by atoms with Gasteiger partial charge >= 0.3 is 25.6 Å². The topological polar surface area (TPSA) is 123 Å². The monoisotopic (exact) mass is 648 g/mol. The maximum atomic E-state index is 8.34. The first kappa shape index (κ1) is 24.6. The molecule has 2 aliphatic rings. The van der Waals surface area contributed by atoms with Crippen molar-refractivity contribution in [2.24, 2.45) is 0 Å². The van der Waals surface area contributed by atoms with E-state index in [9.17, 15) is 0 Å². The number of hydrogen-bond acceptors (Lipinski definition) is 7. The molecule has 9 nitrogen and oxygen atoms in total. The number of fused-ring (bicyclic) bond motifs is 20. The summed E-state index contributed by atoms with van der Waals surface area (Å²) < 4.78 is 8.34. The van der Waals surface area contributed by atoms with Crippen molar-refractivity contribution in [3.05, 3.63) is 97.1 Å². The Kier molecular flexibility index (Phi) is 5.71. The molecule has 0 saturated carbocycles. The molecule has 0 amide bonds. The second-order valence-electron chi connectivity index (χ2n) is 9.67. The molecule has 42 heavy (non-hydrogen) atoms. The molecular weight excluding hydrogens is 631 g/mol. The molecule has 0 fully saturated rings. The van der Waals surface area contributed by atoms with E-state index in [4.69, 9.17) is 42.9 Å². The summed E-state index contributed by atoms with van der Waals surface area (Å²) in [5, 5.41) is 3.57. The van der Waals surface area contributed by atoms with Crippen LogP contribution in [0, 0.1) is 0 Å². The van der Waals surface area contributed by atoms with E-state index in [0.717, 1.165) is 43.8 Å². The number of rotatable bonds is 0. The smallest absolute Gasteiger partial charge is 0.0927 e. The maximum Gasteiger partial charge on any atom is 0.0927 e. The third-order valence-electron chi connectivity index (χ3n) is 7.33. The number of aromatic nitrogens is 8. The van der Waals surface area contributed by atoms with Crippen molar-refractivity contribution in [2.45, 2.75) is 0 Å². The van der Waals surface area contributed by atoms with E-state index in [1.54, 1.807) is 0 Å². The van der Waals surface area contributed by atoms with Crippen molar-refractivity contribution in [3.8, 4) is 45.6 Å². The van der Waals surface area contributed by atoms with Crippen LogP contribution in [0.5, 0.6) is 0 Å². The first-order chi connectivity index (χ1) is 20.8. The molecule has 5 heterocycles. The fraction of sp³-hybridized carbons (Fsp3) is 0. The van der Waals surface area contributed by atoms with Crippen molar-refractivity contribution < 1.29 is 3.08 Å². The molecule has 0 saturated heterocycles. The van der Waals surface area contributed by atoms with Gasteiger partial charge in [-0.15, -0.1) is 0 Å². The zero-order chi connectivity index (χ0) is 28.2. The van der Waals surface area contributed by atoms with Gasteiger partial charge in [0.05, 0.1) is 23.3 Å². The summed E-state index contributed by atoms with van der Waals surface area (Å²) >= 11 is 0.300. The molecule has 196 valence electrons. The molecule has 3 aromatic heterocycles. The van der Waals surface area contributed by atoms with E-state index in [0.29, 0.717) is 68.4 Å². The summed E-state index contributed by atoms with van der Waals surface area (Å²) in [6.07, 6.45) is 0. The molecule has 10 heteroatoms. The molecule has 7 aromatic rings. The first-order valence-corrected chi connectivity index (χ1v) is 14.3. The van der Waals surface area contributed by atoms with Crippen LogP contribution < -0.4 is 9.97 Å². The van der Waals surface area contributed by atoms with Crippen molar-refractivity contribution >= 4 is 66.6 Å². The fourth-order valence-corrected chi connectivity index (χ4v) is 5.46. The van der Waals surface area contributed by atoms with E-state index in [2.05, 4.69) is 0 Å². The maximum absolute atomic E-state index is 8.34. The molecule has 9 rings (SSSR count). The van der Waals surface area contributed by atoms with Crippen LogP contribution in [0.1, 0.15) is 0 Å². The molecule has 2 aliphatic heterocycles. The van der Waals surface area contributed by atoms with Crippen LogP contribution in [0.25, 0.3) is 89.7 Å². The summed E-state index contributed by atoms with van der Waals surface area (Å²) in [6.45, 7) is 0. The summed E-state index contributed by atoms with van der Waals surface area (Å²) in [5.41, 5.74) is 5.78. The van der Waals surface area contributed by atoms with Gasteiger partial charge in [-0.25, -0.2) is 9.97 Å². The Morgan fingerprint density at radius 2 is 0.595 bits per heavy atom. The third kappa shape index (κ3) is 3.77. The Bertz CT molecular complexity index is 2060. The molecule has 0 spiro atoms. The summed E-state index contributed by atoms with van der Waals surface area (Å²) in [5.74, 6) is 2.21. The molecule has 0 unspecified atom stereocenters. The zero-order valence-electron chi connectivity index (χ0n) is 21.7. The Balaban J connectivity index is 0.00000131. The van der Waals surface area contributed by atoms with Crippen LogP contribution >= 0.6 is 0 Å². The predicted molar refractivity (Wildman–Crippen MR) is 160 cm³/mol. The molecule has 0 aliphatic carbocycles. The Morgan fingerprint density at radius 3 is 0.857 bits per heavy atom. The molecule has 2 radical (unpaired) electrons. The van der Waals surface area contributed by atoms with Gasteiger partial charge in [-0.05, 0) is 21.5 Å². The average molecular weight is 647 g/mol. The van der Waals surface area contributed by atoms with Gasteiger partial charge in [-0.2, -0.15) is 0 Å². The molecule has 0 N–H and O–H groups in total. The number of benzene rings is 4. The van der Waals surface area contributed by atoms with Crippen LogP contribution in [-0.2, 0) is 3.08 Å². The Labute approximate surface area is 251 Å². The van der Waals surface area contributed by atoms with E-state index in [1.807, 2.05) is 97.1 Å². The van der Waals surface area contributed by atoms with Crippen LogP contribution in [0.2, 0.25) is 0 Å². The zero-order valence-corrected chi connectivity index (χ0v) is 24.6. The molecule has 4 aromatic carbocycles. The first-order valence-electron chi connectivity index (χ1n) is 13.1. The third-order valence-corrected chi connectivity index (χ3v) is 7.33.